The minimum atomic E-state index is 0.398. The van der Waals surface area contributed by atoms with E-state index in [1.165, 1.54) is 20.5 Å². The van der Waals surface area contributed by atoms with Crippen LogP contribution in [0.15, 0.2) is 17.5 Å². The number of aromatic nitrogens is 1. The lowest BCUT2D eigenvalue weighted by atomic mass is 10.2. The highest BCUT2D eigenvalue weighted by atomic mass is 32.1. The maximum atomic E-state index is 4.64. The van der Waals surface area contributed by atoms with Crippen LogP contribution in [0.2, 0.25) is 0 Å². The molecule has 86 valence electrons. The summed E-state index contributed by atoms with van der Waals surface area (Å²) >= 11 is 3.62. The van der Waals surface area contributed by atoms with E-state index in [9.17, 15) is 0 Å². The Kier molecular flexibility index (Phi) is 3.74. The van der Waals surface area contributed by atoms with Crippen LogP contribution in [0.3, 0.4) is 0 Å². The van der Waals surface area contributed by atoms with Gasteiger partial charge in [0.05, 0.1) is 10.7 Å². The van der Waals surface area contributed by atoms with Gasteiger partial charge in [-0.25, -0.2) is 4.98 Å². The van der Waals surface area contributed by atoms with Gasteiger partial charge in [0.25, 0.3) is 0 Å². The van der Waals surface area contributed by atoms with E-state index in [-0.39, 0.29) is 0 Å². The molecule has 1 atom stereocenters. The van der Waals surface area contributed by atoms with Crippen molar-refractivity contribution in [3.63, 3.8) is 0 Å². The molecule has 16 heavy (non-hydrogen) atoms. The first kappa shape index (κ1) is 11.8. The average Bonchev–Trinajstić information content (AvgIpc) is 2.88. The van der Waals surface area contributed by atoms with Crippen molar-refractivity contribution in [2.24, 2.45) is 0 Å². The van der Waals surface area contributed by atoms with E-state index in [4.69, 9.17) is 0 Å². The van der Waals surface area contributed by atoms with E-state index < -0.39 is 0 Å². The maximum Gasteiger partial charge on any atom is 0.0983 e. The van der Waals surface area contributed by atoms with Gasteiger partial charge in [-0.2, -0.15) is 0 Å². The lowest BCUT2D eigenvalue weighted by Crippen LogP contribution is -2.11. The van der Waals surface area contributed by atoms with Crippen molar-refractivity contribution in [3.8, 4) is 0 Å². The lowest BCUT2D eigenvalue weighted by molar-refractivity contribution is 0.658. The Labute approximate surface area is 104 Å². The van der Waals surface area contributed by atoms with Crippen LogP contribution >= 0.6 is 22.7 Å². The molecule has 0 aliphatic heterocycles. The summed E-state index contributed by atoms with van der Waals surface area (Å²) < 4.78 is 0. The molecule has 0 amide bonds. The highest BCUT2D eigenvalue weighted by molar-refractivity contribution is 7.12. The second-order valence-electron chi connectivity index (χ2n) is 3.82. The molecule has 0 aliphatic carbocycles. The number of aryl methyl sites for hydroxylation is 1. The Hall–Kier alpha value is -0.710. The van der Waals surface area contributed by atoms with E-state index in [1.54, 1.807) is 11.3 Å². The highest BCUT2D eigenvalue weighted by Gasteiger charge is 2.13. The van der Waals surface area contributed by atoms with Crippen molar-refractivity contribution in [1.82, 2.24) is 10.3 Å². The molecule has 2 aromatic heterocycles. The quantitative estimate of drug-likeness (QED) is 0.902. The van der Waals surface area contributed by atoms with E-state index in [2.05, 4.69) is 41.7 Å². The first-order valence-electron chi connectivity index (χ1n) is 5.36. The van der Waals surface area contributed by atoms with Gasteiger partial charge < -0.3 is 5.32 Å². The van der Waals surface area contributed by atoms with Gasteiger partial charge in [0.2, 0.25) is 0 Å². The van der Waals surface area contributed by atoms with E-state index in [1.807, 2.05) is 18.4 Å². The summed E-state index contributed by atoms with van der Waals surface area (Å²) in [6.45, 7) is 4.27. The number of rotatable bonds is 4. The summed E-state index contributed by atoms with van der Waals surface area (Å²) in [6, 6.07) is 4.66. The molecule has 0 spiro atoms. The summed E-state index contributed by atoms with van der Waals surface area (Å²) in [5.41, 5.74) is 1.17. The molecular formula is C12H16N2S2. The maximum absolute atomic E-state index is 4.64. The standard InChI is InChI=1S/C12H16N2S2/c1-8(13-3)12-9(2)14-11(16-12)7-10-5-4-6-15-10/h4-6,8,13H,7H2,1-3H3. The first-order chi connectivity index (χ1) is 7.70. The topological polar surface area (TPSA) is 24.9 Å². The first-order valence-corrected chi connectivity index (χ1v) is 7.06. The molecule has 2 nitrogen and oxygen atoms in total. The number of thiazole rings is 1. The van der Waals surface area contributed by atoms with Gasteiger partial charge in [0.1, 0.15) is 0 Å². The monoisotopic (exact) mass is 252 g/mol. The summed E-state index contributed by atoms with van der Waals surface area (Å²) in [6.07, 6.45) is 0.972. The SMILES string of the molecule is CNC(C)c1sc(Cc2cccs2)nc1C. The molecule has 4 heteroatoms. The van der Waals surface area contributed by atoms with Crippen molar-refractivity contribution in [2.75, 3.05) is 7.05 Å². The lowest BCUT2D eigenvalue weighted by Gasteiger charge is -2.06. The predicted octanol–water partition coefficient (Wildman–Crippen LogP) is 3.38. The van der Waals surface area contributed by atoms with E-state index in [0.717, 1.165) is 6.42 Å². The third-order valence-corrected chi connectivity index (χ3v) is 4.83. The van der Waals surface area contributed by atoms with Crippen molar-refractivity contribution < 1.29 is 0 Å². The molecule has 0 saturated heterocycles. The molecule has 0 radical (unpaired) electrons. The third-order valence-electron chi connectivity index (χ3n) is 2.61. The van der Waals surface area contributed by atoms with Gasteiger partial charge in [-0.05, 0) is 32.3 Å². The Bertz CT molecular complexity index is 446. The summed E-state index contributed by atoms with van der Waals surface area (Å²) in [4.78, 5) is 7.38. The van der Waals surface area contributed by atoms with Crippen LogP contribution in [-0.2, 0) is 6.42 Å². The van der Waals surface area contributed by atoms with Gasteiger partial charge in [0.15, 0.2) is 0 Å². The Morgan fingerprint density at radius 2 is 2.31 bits per heavy atom. The molecule has 2 heterocycles. The van der Waals surface area contributed by atoms with Gasteiger partial charge >= 0.3 is 0 Å². The smallest absolute Gasteiger partial charge is 0.0983 e. The summed E-state index contributed by atoms with van der Waals surface area (Å²) in [5.74, 6) is 0. The summed E-state index contributed by atoms with van der Waals surface area (Å²) in [7, 11) is 1.99. The predicted molar refractivity (Wildman–Crippen MR) is 71.5 cm³/mol. The molecule has 1 N–H and O–H groups in total. The summed E-state index contributed by atoms with van der Waals surface area (Å²) in [5, 5.41) is 6.60. The van der Waals surface area contributed by atoms with Crippen molar-refractivity contribution >= 4 is 22.7 Å². The largest absolute Gasteiger partial charge is 0.312 e. The zero-order valence-electron chi connectivity index (χ0n) is 9.78. The molecule has 0 bridgehead atoms. The Morgan fingerprint density at radius 3 is 2.94 bits per heavy atom. The number of hydrogen-bond acceptors (Lipinski definition) is 4. The van der Waals surface area contributed by atoms with E-state index in [0.29, 0.717) is 6.04 Å². The molecule has 0 aliphatic rings. The van der Waals surface area contributed by atoms with Crippen LogP contribution in [0.1, 0.15) is 33.4 Å². The fourth-order valence-electron chi connectivity index (χ4n) is 1.64. The van der Waals surface area contributed by atoms with Crippen molar-refractivity contribution in [2.45, 2.75) is 26.3 Å². The van der Waals surface area contributed by atoms with Crippen LogP contribution in [0.25, 0.3) is 0 Å². The van der Waals surface area contributed by atoms with Crippen LogP contribution in [0.4, 0.5) is 0 Å². The van der Waals surface area contributed by atoms with Gasteiger partial charge in [-0.3, -0.25) is 0 Å². The number of thiophene rings is 1. The molecule has 0 aromatic carbocycles. The zero-order chi connectivity index (χ0) is 11.5. The minimum absolute atomic E-state index is 0.398. The third kappa shape index (κ3) is 2.51. The fraction of sp³-hybridized carbons (Fsp3) is 0.417. The normalized spacial score (nSPS) is 12.9. The Morgan fingerprint density at radius 1 is 1.50 bits per heavy atom. The van der Waals surface area contributed by atoms with Gasteiger partial charge in [0, 0.05) is 22.2 Å². The van der Waals surface area contributed by atoms with Crippen molar-refractivity contribution in [3.05, 3.63) is 38.0 Å². The highest BCUT2D eigenvalue weighted by Crippen LogP contribution is 2.27. The van der Waals surface area contributed by atoms with E-state index >= 15 is 0 Å². The fourth-order valence-corrected chi connectivity index (χ4v) is 3.59. The second kappa shape index (κ2) is 5.08. The van der Waals surface area contributed by atoms with Gasteiger partial charge in [-0.1, -0.05) is 6.07 Å². The van der Waals surface area contributed by atoms with Crippen molar-refractivity contribution in [1.29, 1.82) is 0 Å². The molecule has 0 fully saturated rings. The van der Waals surface area contributed by atoms with Crippen LogP contribution in [-0.4, -0.2) is 12.0 Å². The average molecular weight is 252 g/mol. The minimum Gasteiger partial charge on any atom is -0.312 e. The van der Waals surface area contributed by atoms with Crippen LogP contribution in [0.5, 0.6) is 0 Å². The number of nitrogens with zero attached hydrogens (tertiary/aromatic N) is 1. The molecule has 2 rings (SSSR count). The Balaban J connectivity index is 2.18. The number of hydrogen-bond donors (Lipinski definition) is 1. The van der Waals surface area contributed by atoms with Crippen LogP contribution < -0.4 is 5.32 Å². The molecule has 2 aromatic rings. The zero-order valence-corrected chi connectivity index (χ0v) is 11.4. The van der Waals surface area contributed by atoms with Crippen LogP contribution in [0, 0.1) is 6.92 Å². The number of nitrogens with one attached hydrogen (secondary N) is 1. The van der Waals surface area contributed by atoms with Gasteiger partial charge in [-0.15, -0.1) is 22.7 Å². The second-order valence-corrected chi connectivity index (χ2v) is 5.97. The molecule has 1 unspecified atom stereocenters. The molecular weight excluding hydrogens is 236 g/mol. The molecule has 0 saturated carbocycles.